The summed E-state index contributed by atoms with van der Waals surface area (Å²) in [6.45, 7) is 1.47. The van der Waals surface area contributed by atoms with Gasteiger partial charge in [-0.05, 0) is 41.5 Å². The third-order valence-electron chi connectivity index (χ3n) is 5.02. The van der Waals surface area contributed by atoms with E-state index in [2.05, 4.69) is 50.6 Å². The Hall–Kier alpha value is -2.86. The second-order valence-electron chi connectivity index (χ2n) is 6.60. The van der Waals surface area contributed by atoms with Crippen LogP contribution >= 0.6 is 11.3 Å². The molecular formula is C20H18N4OS. The number of amides is 1. The molecule has 0 aliphatic carbocycles. The van der Waals surface area contributed by atoms with E-state index in [4.69, 9.17) is 0 Å². The normalized spacial score (nSPS) is 16.8. The third kappa shape index (κ3) is 2.54. The fourth-order valence-electron chi connectivity index (χ4n) is 3.57. The highest BCUT2D eigenvalue weighted by atomic mass is 32.1. The number of H-pyrrole nitrogens is 1. The molecule has 1 N–H and O–H groups in total. The van der Waals surface area contributed by atoms with E-state index < -0.39 is 0 Å². The van der Waals surface area contributed by atoms with E-state index >= 15 is 0 Å². The van der Waals surface area contributed by atoms with Crippen LogP contribution in [0.25, 0.3) is 10.9 Å². The molecule has 1 saturated heterocycles. The number of fused-ring (bicyclic) bond motifs is 1. The predicted molar refractivity (Wildman–Crippen MR) is 102 cm³/mol. The second kappa shape index (κ2) is 6.14. The molecule has 0 unspecified atom stereocenters. The summed E-state index contributed by atoms with van der Waals surface area (Å²) in [7, 11) is 0. The van der Waals surface area contributed by atoms with Crippen LogP contribution in [0.15, 0.2) is 60.1 Å². The molecule has 0 spiro atoms. The Kier molecular flexibility index (Phi) is 3.64. The Morgan fingerprint density at radius 3 is 2.96 bits per heavy atom. The molecule has 6 heteroatoms. The largest absolute Gasteiger partial charge is 0.341 e. The lowest BCUT2D eigenvalue weighted by atomic mass is 10.0. The number of hydrogen-bond acceptors (Lipinski definition) is 3. The number of rotatable bonds is 4. The summed E-state index contributed by atoms with van der Waals surface area (Å²) < 4.78 is 2.16. The molecule has 5 nitrogen and oxygen atoms in total. The van der Waals surface area contributed by atoms with Crippen molar-refractivity contribution in [2.45, 2.75) is 19.0 Å². The van der Waals surface area contributed by atoms with E-state index in [1.165, 1.54) is 15.8 Å². The fourth-order valence-corrected chi connectivity index (χ4v) is 4.44. The molecule has 1 amide bonds. The van der Waals surface area contributed by atoms with Gasteiger partial charge >= 0.3 is 0 Å². The quantitative estimate of drug-likeness (QED) is 0.595. The Morgan fingerprint density at radius 2 is 2.15 bits per heavy atom. The number of nitrogens with one attached hydrogen (secondary N) is 1. The van der Waals surface area contributed by atoms with Gasteiger partial charge in [0.15, 0.2) is 0 Å². The maximum atomic E-state index is 12.8. The van der Waals surface area contributed by atoms with Gasteiger partial charge < -0.3 is 9.47 Å². The van der Waals surface area contributed by atoms with Gasteiger partial charge in [-0.3, -0.25) is 9.89 Å². The lowest BCUT2D eigenvalue weighted by Gasteiger charge is -2.40. The first-order chi connectivity index (χ1) is 12.8. The molecule has 4 aromatic rings. The average molecular weight is 362 g/mol. The van der Waals surface area contributed by atoms with Crippen LogP contribution in [-0.4, -0.2) is 32.1 Å². The molecule has 1 aliphatic heterocycles. The molecule has 1 aliphatic rings. The number of aromatic amines is 1. The summed E-state index contributed by atoms with van der Waals surface area (Å²) >= 11 is 1.71. The summed E-state index contributed by atoms with van der Waals surface area (Å²) in [5.74, 6) is 0.00881. The van der Waals surface area contributed by atoms with E-state index in [1.54, 1.807) is 11.3 Å². The summed E-state index contributed by atoms with van der Waals surface area (Å²) in [5, 5.41) is 10.6. The van der Waals surface area contributed by atoms with Crippen molar-refractivity contribution >= 4 is 28.1 Å². The first-order valence-electron chi connectivity index (χ1n) is 8.72. The number of likely N-dealkylation sites (tertiary alicyclic amines) is 1. The Balaban J connectivity index is 1.34. The van der Waals surface area contributed by atoms with E-state index in [1.807, 2.05) is 29.2 Å². The van der Waals surface area contributed by atoms with Crippen LogP contribution in [0.1, 0.15) is 33.5 Å². The molecule has 0 radical (unpaired) electrons. The van der Waals surface area contributed by atoms with E-state index in [9.17, 15) is 4.79 Å². The second-order valence-corrected chi connectivity index (χ2v) is 7.58. The zero-order valence-corrected chi connectivity index (χ0v) is 14.9. The minimum absolute atomic E-state index is 0.00881. The van der Waals surface area contributed by atoms with Crippen LogP contribution in [-0.2, 0) is 6.54 Å². The highest BCUT2D eigenvalue weighted by molar-refractivity contribution is 7.10. The van der Waals surface area contributed by atoms with Gasteiger partial charge in [-0.25, -0.2) is 0 Å². The standard InChI is InChI=1S/C20H18N4OS/c25-20(24-10-8-18(24)19-6-3-11-26-19)16-12-15(21-22-16)13-23-9-7-14-4-1-2-5-17(14)23/h1-7,9,11-12,18H,8,10,13H2,(H,21,22)/t18-/m1/s1. The molecule has 1 fully saturated rings. The average Bonchev–Trinajstić information content (AvgIpc) is 3.36. The van der Waals surface area contributed by atoms with Gasteiger partial charge in [0.25, 0.3) is 5.91 Å². The zero-order valence-electron chi connectivity index (χ0n) is 14.1. The first kappa shape index (κ1) is 15.4. The molecule has 26 heavy (non-hydrogen) atoms. The van der Waals surface area contributed by atoms with Gasteiger partial charge in [-0.2, -0.15) is 5.10 Å². The van der Waals surface area contributed by atoms with Crippen LogP contribution in [0, 0.1) is 0 Å². The van der Waals surface area contributed by atoms with Crippen molar-refractivity contribution < 1.29 is 4.79 Å². The molecule has 1 atom stereocenters. The van der Waals surface area contributed by atoms with Crippen molar-refractivity contribution in [1.82, 2.24) is 19.7 Å². The molecule has 5 rings (SSSR count). The minimum atomic E-state index is 0.00881. The predicted octanol–water partition coefficient (Wildman–Crippen LogP) is 4.06. The van der Waals surface area contributed by atoms with Crippen LogP contribution in [0.4, 0.5) is 0 Å². The summed E-state index contributed by atoms with van der Waals surface area (Å²) in [6.07, 6.45) is 3.09. The van der Waals surface area contributed by atoms with Crippen molar-refractivity contribution in [3.8, 4) is 0 Å². The number of para-hydroxylation sites is 1. The molecular weight excluding hydrogens is 344 g/mol. The van der Waals surface area contributed by atoms with Gasteiger partial charge in [0.2, 0.25) is 0 Å². The molecule has 1 aromatic carbocycles. The number of aromatic nitrogens is 3. The molecule has 130 valence electrons. The maximum absolute atomic E-state index is 12.8. The Bertz CT molecular complexity index is 1060. The van der Waals surface area contributed by atoms with E-state index in [-0.39, 0.29) is 11.9 Å². The van der Waals surface area contributed by atoms with Crippen LogP contribution in [0.3, 0.4) is 0 Å². The van der Waals surface area contributed by atoms with Gasteiger partial charge in [0, 0.05) is 23.1 Å². The summed E-state index contributed by atoms with van der Waals surface area (Å²) in [6, 6.07) is 16.6. The summed E-state index contributed by atoms with van der Waals surface area (Å²) in [5.41, 5.74) is 2.61. The summed E-state index contributed by atoms with van der Waals surface area (Å²) in [4.78, 5) is 16.0. The molecule has 0 bridgehead atoms. The van der Waals surface area contributed by atoms with Crippen molar-refractivity contribution in [3.05, 3.63) is 76.4 Å². The van der Waals surface area contributed by atoms with Crippen LogP contribution in [0.2, 0.25) is 0 Å². The zero-order chi connectivity index (χ0) is 17.5. The highest BCUT2D eigenvalue weighted by Gasteiger charge is 2.35. The lowest BCUT2D eigenvalue weighted by Crippen LogP contribution is -2.44. The van der Waals surface area contributed by atoms with Gasteiger partial charge in [0.1, 0.15) is 5.69 Å². The minimum Gasteiger partial charge on any atom is -0.341 e. The number of carbonyl (C=O) groups excluding carboxylic acids is 1. The first-order valence-corrected chi connectivity index (χ1v) is 9.60. The van der Waals surface area contributed by atoms with Gasteiger partial charge in [-0.1, -0.05) is 24.3 Å². The van der Waals surface area contributed by atoms with Crippen molar-refractivity contribution in [2.24, 2.45) is 0 Å². The maximum Gasteiger partial charge on any atom is 0.274 e. The SMILES string of the molecule is O=C(c1cc(Cn2ccc3ccccc32)[nH]n1)N1CC[C@@H]1c1cccs1. The smallest absolute Gasteiger partial charge is 0.274 e. The van der Waals surface area contributed by atoms with E-state index in [0.29, 0.717) is 12.2 Å². The van der Waals surface area contributed by atoms with Crippen LogP contribution < -0.4 is 0 Å². The number of nitrogens with zero attached hydrogens (tertiary/aromatic N) is 3. The number of thiophene rings is 1. The number of carbonyl (C=O) groups is 1. The monoisotopic (exact) mass is 362 g/mol. The molecule has 0 saturated carbocycles. The highest BCUT2D eigenvalue weighted by Crippen LogP contribution is 2.36. The van der Waals surface area contributed by atoms with Crippen LogP contribution in [0.5, 0.6) is 0 Å². The van der Waals surface area contributed by atoms with E-state index in [0.717, 1.165) is 18.7 Å². The lowest BCUT2D eigenvalue weighted by molar-refractivity contribution is 0.0461. The topological polar surface area (TPSA) is 53.9 Å². The molecule has 3 aromatic heterocycles. The van der Waals surface area contributed by atoms with Crippen molar-refractivity contribution in [1.29, 1.82) is 0 Å². The van der Waals surface area contributed by atoms with Gasteiger partial charge in [0.05, 0.1) is 18.3 Å². The number of hydrogen-bond donors (Lipinski definition) is 1. The van der Waals surface area contributed by atoms with Crippen molar-refractivity contribution in [3.63, 3.8) is 0 Å². The number of benzene rings is 1. The Labute approximate surface area is 154 Å². The fraction of sp³-hybridized carbons (Fsp3) is 0.200. The van der Waals surface area contributed by atoms with Gasteiger partial charge in [-0.15, -0.1) is 11.3 Å². The third-order valence-corrected chi connectivity index (χ3v) is 6.00. The Morgan fingerprint density at radius 1 is 1.23 bits per heavy atom. The van der Waals surface area contributed by atoms with Crippen molar-refractivity contribution in [2.75, 3.05) is 6.54 Å². The molecule has 4 heterocycles.